The maximum Gasteiger partial charge on any atom is 0.333 e. The number of aromatic amines is 1. The number of anilines is 1. The van der Waals surface area contributed by atoms with Crippen molar-refractivity contribution in [3.05, 3.63) is 15.8 Å². The molecule has 0 aromatic carbocycles. The van der Waals surface area contributed by atoms with E-state index in [2.05, 4.69) is 15.5 Å². The highest BCUT2D eigenvalue weighted by atomic mass is 16.6. The van der Waals surface area contributed by atoms with Crippen molar-refractivity contribution in [1.29, 1.82) is 0 Å². The van der Waals surface area contributed by atoms with Gasteiger partial charge in [0.25, 0.3) is 0 Å². The largest absolute Gasteiger partial charge is 0.360 e. The molecule has 88 valence electrons. The van der Waals surface area contributed by atoms with Crippen molar-refractivity contribution in [2.24, 2.45) is 0 Å². The molecule has 1 aliphatic rings. The second-order valence-corrected chi connectivity index (χ2v) is 4.28. The summed E-state index contributed by atoms with van der Waals surface area (Å²) in [6, 6.07) is 0.329. The summed E-state index contributed by atoms with van der Waals surface area (Å²) < 4.78 is 0. The highest BCUT2D eigenvalue weighted by molar-refractivity contribution is 5.58. The Morgan fingerprint density at radius 3 is 2.75 bits per heavy atom. The Bertz CT molecular complexity index is 382. The molecule has 16 heavy (non-hydrogen) atoms. The molecule has 1 aromatic heterocycles. The summed E-state index contributed by atoms with van der Waals surface area (Å²) in [5.74, 6) is 0.384. The number of aromatic nitrogens is 2. The standard InChI is InChI=1S/C10H16N4O2/c1-7-9(14(15)16)10(13-12-7)11-8-5-3-2-4-6-8/h8H,2-6H2,1H3,(H2,11,12,13). The first-order valence-corrected chi connectivity index (χ1v) is 5.64. The van der Waals surface area contributed by atoms with Gasteiger partial charge in [0, 0.05) is 6.04 Å². The first-order chi connectivity index (χ1) is 7.68. The normalized spacial score (nSPS) is 17.3. The average Bonchev–Trinajstić information content (AvgIpc) is 2.61. The molecule has 0 radical (unpaired) electrons. The van der Waals surface area contributed by atoms with Crippen molar-refractivity contribution < 1.29 is 4.92 Å². The molecule has 1 saturated carbocycles. The van der Waals surface area contributed by atoms with Crippen LogP contribution in [0.25, 0.3) is 0 Å². The van der Waals surface area contributed by atoms with Crippen LogP contribution in [0.2, 0.25) is 0 Å². The van der Waals surface area contributed by atoms with Gasteiger partial charge in [0.1, 0.15) is 5.69 Å². The Morgan fingerprint density at radius 2 is 2.12 bits per heavy atom. The molecule has 2 N–H and O–H groups in total. The Morgan fingerprint density at radius 1 is 1.44 bits per heavy atom. The van der Waals surface area contributed by atoms with Gasteiger partial charge in [-0.3, -0.25) is 15.2 Å². The van der Waals surface area contributed by atoms with E-state index in [4.69, 9.17) is 0 Å². The SMILES string of the molecule is Cc1[nH]nc(NC2CCCCC2)c1[N+](=O)[O-]. The fourth-order valence-corrected chi connectivity index (χ4v) is 2.19. The van der Waals surface area contributed by atoms with E-state index in [1.165, 1.54) is 19.3 Å². The molecular weight excluding hydrogens is 208 g/mol. The smallest absolute Gasteiger partial charge is 0.333 e. The molecule has 1 aromatic rings. The predicted octanol–water partition coefficient (Wildman–Crippen LogP) is 2.37. The van der Waals surface area contributed by atoms with Gasteiger partial charge in [0.15, 0.2) is 0 Å². The summed E-state index contributed by atoms with van der Waals surface area (Å²) in [4.78, 5) is 10.5. The molecule has 1 aliphatic carbocycles. The van der Waals surface area contributed by atoms with Gasteiger partial charge in [-0.15, -0.1) is 0 Å². The van der Waals surface area contributed by atoms with E-state index in [-0.39, 0.29) is 10.6 Å². The summed E-state index contributed by atoms with van der Waals surface area (Å²) in [6.07, 6.45) is 5.79. The molecule has 1 fully saturated rings. The molecule has 0 unspecified atom stereocenters. The van der Waals surface area contributed by atoms with Gasteiger partial charge in [-0.1, -0.05) is 19.3 Å². The van der Waals surface area contributed by atoms with E-state index in [1.54, 1.807) is 6.92 Å². The quantitative estimate of drug-likeness (QED) is 0.609. The summed E-state index contributed by atoms with van der Waals surface area (Å²) in [7, 11) is 0. The van der Waals surface area contributed by atoms with Gasteiger partial charge >= 0.3 is 5.69 Å². The number of aryl methyl sites for hydroxylation is 1. The van der Waals surface area contributed by atoms with E-state index >= 15 is 0 Å². The maximum absolute atomic E-state index is 10.9. The van der Waals surface area contributed by atoms with Gasteiger partial charge < -0.3 is 5.32 Å². The summed E-state index contributed by atoms with van der Waals surface area (Å²) in [5, 5.41) is 20.6. The van der Waals surface area contributed by atoms with Crippen LogP contribution < -0.4 is 5.32 Å². The lowest BCUT2D eigenvalue weighted by Gasteiger charge is -2.22. The van der Waals surface area contributed by atoms with Crippen molar-refractivity contribution in [3.63, 3.8) is 0 Å². The summed E-state index contributed by atoms with van der Waals surface area (Å²) in [5.41, 5.74) is 0.578. The van der Waals surface area contributed by atoms with Crippen LogP contribution in [0.1, 0.15) is 37.8 Å². The Kier molecular flexibility index (Phi) is 3.07. The summed E-state index contributed by atoms with van der Waals surface area (Å²) >= 11 is 0. The number of hydrogen-bond acceptors (Lipinski definition) is 4. The first-order valence-electron chi connectivity index (χ1n) is 5.64. The van der Waals surface area contributed by atoms with Gasteiger partial charge in [0.05, 0.1) is 4.92 Å². The van der Waals surface area contributed by atoms with Gasteiger partial charge in [0.2, 0.25) is 5.82 Å². The van der Waals surface area contributed by atoms with Crippen LogP contribution in [-0.4, -0.2) is 21.2 Å². The van der Waals surface area contributed by atoms with E-state index in [1.807, 2.05) is 0 Å². The van der Waals surface area contributed by atoms with Crippen LogP contribution >= 0.6 is 0 Å². The fraction of sp³-hybridized carbons (Fsp3) is 0.700. The van der Waals surface area contributed by atoms with Crippen LogP contribution in [0.4, 0.5) is 11.5 Å². The minimum Gasteiger partial charge on any atom is -0.360 e. The van der Waals surface area contributed by atoms with Gasteiger partial charge in [-0.2, -0.15) is 5.10 Å². The molecule has 6 nitrogen and oxygen atoms in total. The minimum absolute atomic E-state index is 0.0746. The molecule has 0 saturated heterocycles. The molecular formula is C10H16N4O2. The van der Waals surface area contributed by atoms with Gasteiger partial charge in [-0.05, 0) is 19.8 Å². The van der Waals surface area contributed by atoms with E-state index in [9.17, 15) is 10.1 Å². The lowest BCUT2D eigenvalue weighted by Crippen LogP contribution is -2.22. The Balaban J connectivity index is 2.11. The molecule has 0 spiro atoms. The van der Waals surface area contributed by atoms with E-state index in [0.717, 1.165) is 12.8 Å². The zero-order chi connectivity index (χ0) is 11.5. The maximum atomic E-state index is 10.9. The molecule has 1 heterocycles. The molecule has 0 amide bonds. The number of nitrogens with one attached hydrogen (secondary N) is 2. The van der Waals surface area contributed by atoms with E-state index < -0.39 is 0 Å². The lowest BCUT2D eigenvalue weighted by atomic mass is 9.95. The Labute approximate surface area is 93.6 Å². The molecule has 2 rings (SSSR count). The van der Waals surface area contributed by atoms with E-state index in [0.29, 0.717) is 17.6 Å². The topological polar surface area (TPSA) is 83.8 Å². The first kappa shape index (κ1) is 10.9. The number of hydrogen-bond donors (Lipinski definition) is 2. The molecule has 6 heteroatoms. The summed E-state index contributed by atoms with van der Waals surface area (Å²) in [6.45, 7) is 1.66. The second-order valence-electron chi connectivity index (χ2n) is 4.28. The highest BCUT2D eigenvalue weighted by Gasteiger charge is 2.24. The zero-order valence-corrected chi connectivity index (χ0v) is 9.32. The molecule has 0 atom stereocenters. The monoisotopic (exact) mass is 224 g/mol. The van der Waals surface area contributed by atoms with Crippen molar-refractivity contribution in [2.75, 3.05) is 5.32 Å². The van der Waals surface area contributed by atoms with Crippen molar-refractivity contribution in [1.82, 2.24) is 10.2 Å². The van der Waals surface area contributed by atoms with Crippen molar-refractivity contribution >= 4 is 11.5 Å². The Hall–Kier alpha value is -1.59. The van der Waals surface area contributed by atoms with Crippen molar-refractivity contribution in [2.45, 2.75) is 45.1 Å². The second kappa shape index (κ2) is 4.51. The van der Waals surface area contributed by atoms with Crippen LogP contribution in [0.3, 0.4) is 0 Å². The van der Waals surface area contributed by atoms with Crippen LogP contribution in [0.15, 0.2) is 0 Å². The van der Waals surface area contributed by atoms with Crippen LogP contribution in [0.5, 0.6) is 0 Å². The van der Waals surface area contributed by atoms with Crippen LogP contribution in [0, 0.1) is 17.0 Å². The van der Waals surface area contributed by atoms with Gasteiger partial charge in [-0.25, -0.2) is 0 Å². The third-order valence-corrected chi connectivity index (χ3v) is 3.04. The number of rotatable bonds is 3. The number of H-pyrrole nitrogens is 1. The predicted molar refractivity (Wildman–Crippen MR) is 60.5 cm³/mol. The third kappa shape index (κ3) is 2.15. The fourth-order valence-electron chi connectivity index (χ4n) is 2.19. The number of nitro groups is 1. The lowest BCUT2D eigenvalue weighted by molar-refractivity contribution is -0.384. The average molecular weight is 224 g/mol. The van der Waals surface area contributed by atoms with Crippen LogP contribution in [-0.2, 0) is 0 Å². The zero-order valence-electron chi connectivity index (χ0n) is 9.32. The minimum atomic E-state index is -0.385. The highest BCUT2D eigenvalue weighted by Crippen LogP contribution is 2.28. The van der Waals surface area contributed by atoms with Crippen molar-refractivity contribution in [3.8, 4) is 0 Å². The molecule has 0 bridgehead atoms. The molecule has 0 aliphatic heterocycles. The number of nitrogens with zero attached hydrogens (tertiary/aromatic N) is 2. The third-order valence-electron chi connectivity index (χ3n) is 3.04.